The molecule has 1 spiro atoms. The van der Waals surface area contributed by atoms with Crippen LogP contribution in [0.25, 0.3) is 6.08 Å². The van der Waals surface area contributed by atoms with E-state index in [2.05, 4.69) is 49.5 Å². The maximum absolute atomic E-state index is 13.2. The van der Waals surface area contributed by atoms with Crippen LogP contribution in [0.4, 0.5) is 5.69 Å². The van der Waals surface area contributed by atoms with E-state index in [-0.39, 0.29) is 17.5 Å². The number of methoxy groups -OCH3 is 2. The number of halogens is 1. The molecule has 5 nitrogen and oxygen atoms in total. The highest BCUT2D eigenvalue weighted by Crippen LogP contribution is 2.55. The van der Waals surface area contributed by atoms with Crippen molar-refractivity contribution in [2.45, 2.75) is 69.6 Å². The van der Waals surface area contributed by atoms with Gasteiger partial charge in [0.2, 0.25) is 0 Å². The lowest BCUT2D eigenvalue weighted by Crippen LogP contribution is -2.52. The molecule has 0 aromatic heterocycles. The fourth-order valence-electron chi connectivity index (χ4n) is 6.55. The van der Waals surface area contributed by atoms with Crippen molar-refractivity contribution in [3.63, 3.8) is 0 Å². The predicted octanol–water partition coefficient (Wildman–Crippen LogP) is 8.21. The van der Waals surface area contributed by atoms with Crippen molar-refractivity contribution in [3.8, 4) is 5.75 Å². The highest BCUT2D eigenvalue weighted by atomic mass is 35.5. The molecule has 6 heteroatoms. The molecular formula is C35H40ClNO4. The third-order valence-electron chi connectivity index (χ3n) is 9.18. The van der Waals surface area contributed by atoms with Gasteiger partial charge in [0.05, 0.1) is 26.9 Å². The average Bonchev–Trinajstić information content (AvgIpc) is 3.29. The van der Waals surface area contributed by atoms with Crippen LogP contribution in [-0.2, 0) is 26.3 Å². The van der Waals surface area contributed by atoms with Crippen molar-refractivity contribution in [1.29, 1.82) is 0 Å². The summed E-state index contributed by atoms with van der Waals surface area (Å²) in [4.78, 5) is 13.2. The van der Waals surface area contributed by atoms with Gasteiger partial charge < -0.3 is 19.5 Å². The second kappa shape index (κ2) is 12.3. The van der Waals surface area contributed by atoms with Gasteiger partial charge in [-0.05, 0) is 92.0 Å². The van der Waals surface area contributed by atoms with Crippen LogP contribution >= 0.6 is 11.6 Å². The molecule has 216 valence electrons. The highest BCUT2D eigenvalue weighted by molar-refractivity contribution is 6.30. The van der Waals surface area contributed by atoms with E-state index in [9.17, 15) is 4.79 Å². The van der Waals surface area contributed by atoms with Gasteiger partial charge in [-0.3, -0.25) is 0 Å². The Balaban J connectivity index is 1.33. The van der Waals surface area contributed by atoms with Crippen molar-refractivity contribution in [3.05, 3.63) is 100 Å². The first-order chi connectivity index (χ1) is 19.8. The quantitative estimate of drug-likeness (QED) is 0.248. The first kappa shape index (κ1) is 29.2. The van der Waals surface area contributed by atoms with E-state index in [0.717, 1.165) is 36.3 Å². The summed E-state index contributed by atoms with van der Waals surface area (Å²) in [7, 11) is 3.15. The Labute approximate surface area is 248 Å². The standard InChI is InChI=1S/C35H40ClNO4/c1-24(25(2)41-23-26-12-14-31(39-3)15-13-26)20-28-21-27-8-5-6-11-32(27)34(28)16-18-35(19-17-34,33(38)40-4)37-30-10-7-9-29(36)22-30/h5-15,21-22,24-25,37H,16-20,23H2,1-4H3. The van der Waals surface area contributed by atoms with Gasteiger partial charge in [-0.2, -0.15) is 0 Å². The Morgan fingerprint density at radius 2 is 1.68 bits per heavy atom. The Morgan fingerprint density at radius 1 is 0.951 bits per heavy atom. The molecule has 2 unspecified atom stereocenters. The van der Waals surface area contributed by atoms with E-state index in [0.29, 0.717) is 30.4 Å². The van der Waals surface area contributed by atoms with Gasteiger partial charge in [0, 0.05) is 16.1 Å². The molecule has 0 aliphatic heterocycles. The number of rotatable bonds is 10. The zero-order valence-corrected chi connectivity index (χ0v) is 25.2. The molecule has 2 aliphatic carbocycles. The molecule has 1 saturated carbocycles. The summed E-state index contributed by atoms with van der Waals surface area (Å²) >= 11 is 6.26. The number of ether oxygens (including phenoxy) is 3. The third-order valence-corrected chi connectivity index (χ3v) is 9.41. The topological polar surface area (TPSA) is 56.8 Å². The molecule has 1 N–H and O–H groups in total. The molecule has 5 rings (SSSR count). The number of hydrogen-bond acceptors (Lipinski definition) is 5. The van der Waals surface area contributed by atoms with Crippen molar-refractivity contribution in [1.82, 2.24) is 0 Å². The molecule has 2 atom stereocenters. The zero-order chi connectivity index (χ0) is 29.0. The van der Waals surface area contributed by atoms with Crippen molar-refractivity contribution >= 4 is 29.3 Å². The number of anilines is 1. The Kier molecular flexibility index (Phi) is 8.77. The molecule has 3 aromatic carbocycles. The first-order valence-corrected chi connectivity index (χ1v) is 14.8. The fourth-order valence-corrected chi connectivity index (χ4v) is 6.74. The van der Waals surface area contributed by atoms with Gasteiger partial charge in [0.1, 0.15) is 11.3 Å². The first-order valence-electron chi connectivity index (χ1n) is 14.5. The van der Waals surface area contributed by atoms with Crippen LogP contribution in [0, 0.1) is 5.92 Å². The maximum Gasteiger partial charge on any atom is 0.331 e. The van der Waals surface area contributed by atoms with Crippen molar-refractivity contribution in [2.24, 2.45) is 5.92 Å². The summed E-state index contributed by atoms with van der Waals surface area (Å²) in [5.41, 5.74) is 5.16. The number of esters is 1. The van der Waals surface area contributed by atoms with Crippen LogP contribution in [0.15, 0.2) is 78.4 Å². The van der Waals surface area contributed by atoms with Gasteiger partial charge in [0.15, 0.2) is 0 Å². The monoisotopic (exact) mass is 573 g/mol. The number of nitrogens with one attached hydrogen (secondary N) is 1. The molecule has 0 bridgehead atoms. The Bertz CT molecular complexity index is 1390. The number of benzene rings is 3. The summed E-state index contributed by atoms with van der Waals surface area (Å²) in [6.07, 6.45) is 6.44. The van der Waals surface area contributed by atoms with Crippen molar-refractivity contribution < 1.29 is 19.0 Å². The van der Waals surface area contributed by atoms with E-state index in [1.165, 1.54) is 23.8 Å². The van der Waals surface area contributed by atoms with Crippen molar-refractivity contribution in [2.75, 3.05) is 19.5 Å². The summed E-state index contributed by atoms with van der Waals surface area (Å²) in [5, 5.41) is 4.16. The minimum atomic E-state index is -0.798. The number of hydrogen-bond donors (Lipinski definition) is 1. The average molecular weight is 574 g/mol. The summed E-state index contributed by atoms with van der Waals surface area (Å²) in [6, 6.07) is 24.3. The van der Waals surface area contributed by atoms with Gasteiger partial charge in [-0.1, -0.05) is 72.6 Å². The lowest BCUT2D eigenvalue weighted by molar-refractivity contribution is -0.147. The fraction of sp³-hybridized carbons (Fsp3) is 0.400. The number of carbonyl (C=O) groups excluding carboxylic acids is 1. The molecule has 0 radical (unpaired) electrons. The molecule has 1 fully saturated rings. The molecule has 41 heavy (non-hydrogen) atoms. The van der Waals surface area contributed by atoms with Gasteiger partial charge in [-0.25, -0.2) is 4.79 Å². The Hall–Kier alpha value is -3.28. The largest absolute Gasteiger partial charge is 0.497 e. The smallest absolute Gasteiger partial charge is 0.331 e. The normalized spacial score (nSPS) is 22.9. The Morgan fingerprint density at radius 3 is 2.37 bits per heavy atom. The van der Waals surface area contributed by atoms with E-state index in [1.807, 2.05) is 48.5 Å². The molecule has 3 aromatic rings. The maximum atomic E-state index is 13.2. The summed E-state index contributed by atoms with van der Waals surface area (Å²) in [6.45, 7) is 5.01. The van der Waals surface area contributed by atoms with Crippen LogP contribution in [0.2, 0.25) is 5.02 Å². The van der Waals surface area contributed by atoms with E-state index >= 15 is 0 Å². The second-order valence-corrected chi connectivity index (χ2v) is 12.0. The SMILES string of the molecule is COC(=O)C1(Nc2cccc(Cl)c2)CCC2(CC1)C(CC(C)C(C)OCc1ccc(OC)cc1)=Cc1ccccc12. The van der Waals surface area contributed by atoms with E-state index in [4.69, 9.17) is 25.8 Å². The van der Waals surface area contributed by atoms with Crippen LogP contribution in [0.1, 0.15) is 62.6 Å². The van der Waals surface area contributed by atoms with Crippen LogP contribution in [0.3, 0.4) is 0 Å². The van der Waals surface area contributed by atoms with E-state index < -0.39 is 5.54 Å². The van der Waals surface area contributed by atoms with Gasteiger partial charge >= 0.3 is 5.97 Å². The van der Waals surface area contributed by atoms with Crippen LogP contribution < -0.4 is 10.1 Å². The summed E-state index contributed by atoms with van der Waals surface area (Å²) in [5.74, 6) is 0.945. The number of fused-ring (bicyclic) bond motifs is 2. The molecule has 2 aliphatic rings. The van der Waals surface area contributed by atoms with Crippen LogP contribution in [-0.4, -0.2) is 31.8 Å². The minimum absolute atomic E-state index is 0.0843. The van der Waals surface area contributed by atoms with Gasteiger partial charge in [-0.15, -0.1) is 0 Å². The highest BCUT2D eigenvalue weighted by Gasteiger charge is 2.52. The lowest BCUT2D eigenvalue weighted by Gasteiger charge is -2.46. The minimum Gasteiger partial charge on any atom is -0.497 e. The third kappa shape index (κ3) is 6.02. The molecule has 0 saturated heterocycles. The van der Waals surface area contributed by atoms with E-state index in [1.54, 1.807) is 7.11 Å². The summed E-state index contributed by atoms with van der Waals surface area (Å²) < 4.78 is 16.9. The van der Waals surface area contributed by atoms with Gasteiger partial charge in [0.25, 0.3) is 0 Å². The predicted molar refractivity (Wildman–Crippen MR) is 165 cm³/mol. The number of allylic oxidation sites excluding steroid dienone is 1. The zero-order valence-electron chi connectivity index (χ0n) is 24.4. The molecule has 0 amide bonds. The second-order valence-electron chi connectivity index (χ2n) is 11.6. The lowest BCUT2D eigenvalue weighted by atomic mass is 9.61. The molecule has 0 heterocycles. The van der Waals surface area contributed by atoms with Crippen LogP contribution in [0.5, 0.6) is 5.75 Å². The molecular weight excluding hydrogens is 534 g/mol. The number of carbonyl (C=O) groups is 1.